The summed E-state index contributed by atoms with van der Waals surface area (Å²) in [6.45, 7) is 5.84. The Labute approximate surface area is 182 Å². The number of hydrogen-bond donors (Lipinski definition) is 1. The highest BCUT2D eigenvalue weighted by Gasteiger charge is 2.35. The van der Waals surface area contributed by atoms with E-state index in [-0.39, 0.29) is 29.7 Å². The maximum Gasteiger partial charge on any atom is 0.417 e. The average Bonchev–Trinajstić information content (AvgIpc) is 3.40. The van der Waals surface area contributed by atoms with Gasteiger partial charge in [0.1, 0.15) is 18.8 Å². The van der Waals surface area contributed by atoms with E-state index in [4.69, 9.17) is 9.47 Å². The van der Waals surface area contributed by atoms with Gasteiger partial charge in [-0.3, -0.25) is 4.57 Å². The minimum Gasteiger partial charge on any atom is -0.478 e. The quantitative estimate of drug-likeness (QED) is 0.579. The summed E-state index contributed by atoms with van der Waals surface area (Å²) in [6, 6.07) is 0.766. The first-order valence-corrected chi connectivity index (χ1v) is 9.96. The van der Waals surface area contributed by atoms with Crippen LogP contribution in [0.1, 0.15) is 37.8 Å². The molecule has 1 aliphatic rings. The number of anilines is 2. The highest BCUT2D eigenvalue weighted by molar-refractivity contribution is 5.88. The molecule has 12 nitrogen and oxygen atoms in total. The van der Waals surface area contributed by atoms with Crippen molar-refractivity contribution < 1.29 is 18.7 Å². The maximum atomic E-state index is 13.9. The Morgan fingerprint density at radius 2 is 2.16 bits per heavy atom. The number of rotatable bonds is 7. The molecule has 0 unspecified atom stereocenters. The van der Waals surface area contributed by atoms with Crippen LogP contribution in [0.5, 0.6) is 5.88 Å². The van der Waals surface area contributed by atoms with Crippen LogP contribution < -0.4 is 15.0 Å². The van der Waals surface area contributed by atoms with Crippen molar-refractivity contribution in [1.29, 1.82) is 0 Å². The molecule has 0 spiro atoms. The summed E-state index contributed by atoms with van der Waals surface area (Å²) >= 11 is 0. The Morgan fingerprint density at radius 1 is 1.34 bits per heavy atom. The number of carbonyl (C=O) groups is 1. The van der Waals surface area contributed by atoms with Gasteiger partial charge in [0.15, 0.2) is 11.6 Å². The lowest BCUT2D eigenvalue weighted by Gasteiger charge is -2.19. The number of nitrogens with zero attached hydrogens (tertiary/aromatic N) is 8. The van der Waals surface area contributed by atoms with Crippen molar-refractivity contribution in [2.45, 2.75) is 39.3 Å². The zero-order chi connectivity index (χ0) is 22.8. The van der Waals surface area contributed by atoms with Crippen LogP contribution in [0.2, 0.25) is 0 Å². The normalized spacial score (nSPS) is 16.7. The van der Waals surface area contributed by atoms with E-state index in [0.717, 1.165) is 0 Å². The van der Waals surface area contributed by atoms with E-state index in [0.29, 0.717) is 30.5 Å². The van der Waals surface area contributed by atoms with E-state index >= 15 is 0 Å². The van der Waals surface area contributed by atoms with Crippen LogP contribution in [0.15, 0.2) is 18.6 Å². The summed E-state index contributed by atoms with van der Waals surface area (Å²) in [7, 11) is 1.32. The molecule has 32 heavy (non-hydrogen) atoms. The number of aromatic nitrogens is 7. The Morgan fingerprint density at radius 3 is 2.88 bits per heavy atom. The van der Waals surface area contributed by atoms with Crippen molar-refractivity contribution in [2.75, 3.05) is 23.9 Å². The Balaban J connectivity index is 1.53. The first kappa shape index (κ1) is 21.3. The number of carbonyl (C=O) groups excluding carboxylic acids is 1. The first-order valence-electron chi connectivity index (χ1n) is 9.96. The number of ether oxygens (including phenoxy) is 2. The molecule has 3 aromatic heterocycles. The van der Waals surface area contributed by atoms with Gasteiger partial charge in [-0.15, -0.1) is 10.2 Å². The van der Waals surface area contributed by atoms with E-state index in [1.807, 2.05) is 13.8 Å². The predicted molar refractivity (Wildman–Crippen MR) is 110 cm³/mol. The van der Waals surface area contributed by atoms with Crippen molar-refractivity contribution >= 4 is 18.0 Å². The fraction of sp³-hybridized carbons (Fsp3) is 0.421. The maximum absolute atomic E-state index is 13.9. The lowest BCUT2D eigenvalue weighted by molar-refractivity contribution is 0.178. The third kappa shape index (κ3) is 4.13. The van der Waals surface area contributed by atoms with E-state index in [1.165, 1.54) is 24.4 Å². The molecule has 3 aromatic rings. The molecular formula is C19H22FN9O3. The average molecular weight is 443 g/mol. The number of methoxy groups -OCH3 is 1. The molecule has 0 saturated carbocycles. The number of hydrogen-bond acceptors (Lipinski definition) is 10. The van der Waals surface area contributed by atoms with Crippen LogP contribution in [-0.2, 0) is 4.74 Å². The van der Waals surface area contributed by atoms with Gasteiger partial charge in [0.05, 0.1) is 24.9 Å². The molecule has 2 atom stereocenters. The van der Waals surface area contributed by atoms with E-state index in [2.05, 4.69) is 35.5 Å². The fourth-order valence-corrected chi connectivity index (χ4v) is 3.21. The number of amides is 1. The molecule has 0 aliphatic carbocycles. The summed E-state index contributed by atoms with van der Waals surface area (Å²) in [5.74, 6) is 0.421. The number of nitrogens with one attached hydrogen (secondary N) is 1. The monoisotopic (exact) mass is 443 g/mol. The van der Waals surface area contributed by atoms with E-state index in [1.54, 1.807) is 17.7 Å². The van der Waals surface area contributed by atoms with Crippen LogP contribution in [0.4, 0.5) is 21.1 Å². The van der Waals surface area contributed by atoms with Gasteiger partial charge in [0.25, 0.3) is 5.88 Å². The summed E-state index contributed by atoms with van der Waals surface area (Å²) in [6.07, 6.45) is 3.42. The van der Waals surface area contributed by atoms with E-state index < -0.39 is 11.9 Å². The number of aryl methyl sites for hydroxylation is 1. The van der Waals surface area contributed by atoms with Crippen LogP contribution in [0.3, 0.4) is 0 Å². The zero-order valence-electron chi connectivity index (χ0n) is 18.0. The van der Waals surface area contributed by atoms with Crippen molar-refractivity contribution in [3.8, 4) is 11.7 Å². The summed E-state index contributed by atoms with van der Waals surface area (Å²) < 4.78 is 25.4. The molecule has 1 saturated heterocycles. The van der Waals surface area contributed by atoms with Crippen LogP contribution >= 0.6 is 0 Å². The van der Waals surface area contributed by atoms with Crippen LogP contribution in [0, 0.1) is 12.7 Å². The van der Waals surface area contributed by atoms with Gasteiger partial charge in [-0.2, -0.15) is 15.0 Å². The minimum atomic E-state index is -0.627. The standard InChI is InChI=1S/C19H22FN9O3/c1-5-12-8-32-19(30)29(12)18-24-11(3)23-17(25-18)22-10(2)14-7-28(9-21-14)15-6-13(20)16(31-4)27-26-15/h6-7,9-10,12H,5,8H2,1-4H3,(H,22,23,24,25)/t10-,12-/m0/s1. The van der Waals surface area contributed by atoms with Gasteiger partial charge in [0.2, 0.25) is 11.9 Å². The largest absolute Gasteiger partial charge is 0.478 e. The second kappa shape index (κ2) is 8.69. The molecule has 1 fully saturated rings. The highest BCUT2D eigenvalue weighted by Crippen LogP contribution is 2.24. The highest BCUT2D eigenvalue weighted by atomic mass is 19.1. The number of halogens is 1. The van der Waals surface area contributed by atoms with Gasteiger partial charge >= 0.3 is 6.09 Å². The topological polar surface area (TPSA) is 133 Å². The first-order chi connectivity index (χ1) is 15.4. The van der Waals surface area contributed by atoms with Crippen molar-refractivity contribution in [3.63, 3.8) is 0 Å². The molecule has 168 valence electrons. The van der Waals surface area contributed by atoms with Crippen molar-refractivity contribution in [1.82, 2.24) is 34.7 Å². The zero-order valence-corrected chi connectivity index (χ0v) is 18.0. The Kier molecular flexibility index (Phi) is 5.79. The molecule has 0 aromatic carbocycles. The summed E-state index contributed by atoms with van der Waals surface area (Å²) in [5.41, 5.74) is 0.634. The van der Waals surface area contributed by atoms with Gasteiger partial charge < -0.3 is 14.8 Å². The third-order valence-electron chi connectivity index (χ3n) is 4.94. The van der Waals surface area contributed by atoms with Gasteiger partial charge in [-0.1, -0.05) is 6.92 Å². The molecular weight excluding hydrogens is 421 g/mol. The molecule has 13 heteroatoms. The van der Waals surface area contributed by atoms with Gasteiger partial charge in [-0.05, 0) is 20.3 Å². The minimum absolute atomic E-state index is 0.128. The smallest absolute Gasteiger partial charge is 0.417 e. The second-order valence-electron chi connectivity index (χ2n) is 7.15. The SMILES string of the molecule is CC[C@H]1COC(=O)N1c1nc(C)nc(N[C@@H](C)c2cn(-c3cc(F)c(OC)nn3)cn2)n1. The second-order valence-corrected chi connectivity index (χ2v) is 7.15. The van der Waals surface area contributed by atoms with Gasteiger partial charge in [-0.25, -0.2) is 19.1 Å². The molecule has 1 N–H and O–H groups in total. The van der Waals surface area contributed by atoms with E-state index in [9.17, 15) is 9.18 Å². The number of cyclic esters (lactones) is 1. The van der Waals surface area contributed by atoms with Crippen LogP contribution in [0.25, 0.3) is 5.82 Å². The van der Waals surface area contributed by atoms with Gasteiger partial charge in [0, 0.05) is 12.3 Å². The molecule has 1 aliphatic heterocycles. The molecule has 0 radical (unpaired) electrons. The lowest BCUT2D eigenvalue weighted by Crippen LogP contribution is -2.34. The van der Waals surface area contributed by atoms with Crippen molar-refractivity contribution in [3.05, 3.63) is 35.9 Å². The fourth-order valence-electron chi connectivity index (χ4n) is 3.21. The third-order valence-corrected chi connectivity index (χ3v) is 4.94. The molecule has 0 bridgehead atoms. The van der Waals surface area contributed by atoms with Crippen molar-refractivity contribution in [2.24, 2.45) is 0 Å². The Bertz CT molecular complexity index is 1140. The number of imidazole rings is 1. The predicted octanol–water partition coefficient (Wildman–Crippen LogP) is 2.21. The summed E-state index contributed by atoms with van der Waals surface area (Å²) in [4.78, 5) is 30.9. The van der Waals surface area contributed by atoms with Crippen LogP contribution in [-0.4, -0.2) is 60.6 Å². The molecule has 1 amide bonds. The summed E-state index contributed by atoms with van der Waals surface area (Å²) in [5, 5.41) is 10.8. The Hall–Kier alpha value is -3.90. The lowest BCUT2D eigenvalue weighted by atomic mass is 10.2. The molecule has 4 rings (SSSR count). The molecule has 4 heterocycles.